The second-order valence-electron chi connectivity index (χ2n) is 8.40. The van der Waals surface area contributed by atoms with E-state index in [1.54, 1.807) is 6.92 Å². The van der Waals surface area contributed by atoms with Gasteiger partial charge in [-0.1, -0.05) is 24.3 Å². The van der Waals surface area contributed by atoms with Crippen molar-refractivity contribution >= 4 is 22.9 Å². The Balaban J connectivity index is 1.66. The van der Waals surface area contributed by atoms with E-state index in [2.05, 4.69) is 34.6 Å². The van der Waals surface area contributed by atoms with Gasteiger partial charge in [0.1, 0.15) is 11.6 Å². The summed E-state index contributed by atoms with van der Waals surface area (Å²) in [5.74, 6) is 2.63. The lowest BCUT2D eigenvalue weighted by Gasteiger charge is -2.35. The first kappa shape index (κ1) is 19.9. The second-order valence-corrected chi connectivity index (χ2v) is 8.40. The summed E-state index contributed by atoms with van der Waals surface area (Å²) in [5.41, 5.74) is 3.98. The van der Waals surface area contributed by atoms with Crippen LogP contribution >= 0.6 is 0 Å². The van der Waals surface area contributed by atoms with Gasteiger partial charge in [0, 0.05) is 45.3 Å². The molecule has 8 nitrogen and oxygen atoms in total. The zero-order chi connectivity index (χ0) is 21.5. The molecule has 2 fully saturated rings. The topological polar surface area (TPSA) is 76.4 Å². The third-order valence-electron chi connectivity index (χ3n) is 6.31. The van der Waals surface area contributed by atoms with Gasteiger partial charge in [0.05, 0.1) is 12.6 Å². The van der Waals surface area contributed by atoms with Gasteiger partial charge in [-0.2, -0.15) is 0 Å². The third kappa shape index (κ3) is 3.54. The summed E-state index contributed by atoms with van der Waals surface area (Å²) in [7, 11) is 0. The van der Waals surface area contributed by atoms with E-state index in [4.69, 9.17) is 19.7 Å². The molecular formula is C23H28N6O2. The zero-order valence-electron chi connectivity index (χ0n) is 18.3. The number of imidazole rings is 1. The van der Waals surface area contributed by atoms with Crippen LogP contribution in [0.15, 0.2) is 24.3 Å². The van der Waals surface area contributed by atoms with Crippen molar-refractivity contribution < 1.29 is 9.53 Å². The molecule has 3 aromatic rings. The number of anilines is 1. The summed E-state index contributed by atoms with van der Waals surface area (Å²) in [4.78, 5) is 30.6. The fourth-order valence-electron chi connectivity index (χ4n) is 4.60. The standard InChI is InChI=1S/C23H28N6O2/c1-15-6-4-5-7-19(15)21-26-20-22(28-11-9-27(10-12-28)17(3)30)24-16(2)25-23(20)29(21)18-8-13-31-14-18/h4-7,18H,8-14H2,1-3H3. The summed E-state index contributed by atoms with van der Waals surface area (Å²) in [6.45, 7) is 9.97. The smallest absolute Gasteiger partial charge is 0.219 e. The van der Waals surface area contributed by atoms with Crippen LogP contribution in [0.25, 0.3) is 22.6 Å². The summed E-state index contributed by atoms with van der Waals surface area (Å²) < 4.78 is 7.98. The highest BCUT2D eigenvalue weighted by Gasteiger charge is 2.29. The number of benzene rings is 1. The van der Waals surface area contributed by atoms with Crippen LogP contribution in [0.3, 0.4) is 0 Å². The normalized spacial score (nSPS) is 19.4. The zero-order valence-corrected chi connectivity index (χ0v) is 18.3. The first-order chi connectivity index (χ1) is 15.0. The maximum Gasteiger partial charge on any atom is 0.219 e. The summed E-state index contributed by atoms with van der Waals surface area (Å²) in [6, 6.07) is 8.54. The number of rotatable bonds is 3. The molecule has 1 unspecified atom stereocenters. The van der Waals surface area contributed by atoms with E-state index in [1.807, 2.05) is 17.9 Å². The fraction of sp³-hybridized carbons (Fsp3) is 0.478. The average Bonchev–Trinajstić information content (AvgIpc) is 3.41. The molecule has 5 rings (SSSR count). The van der Waals surface area contributed by atoms with Crippen LogP contribution in [0.2, 0.25) is 0 Å². The predicted octanol–water partition coefficient (Wildman–Crippen LogP) is 2.74. The van der Waals surface area contributed by atoms with Crippen LogP contribution in [-0.4, -0.2) is 69.7 Å². The number of aromatic nitrogens is 4. The Kier molecular flexibility index (Phi) is 5.09. The Morgan fingerprint density at radius 2 is 1.84 bits per heavy atom. The van der Waals surface area contributed by atoms with Gasteiger partial charge in [-0.25, -0.2) is 15.0 Å². The van der Waals surface area contributed by atoms with Crippen molar-refractivity contribution in [2.24, 2.45) is 0 Å². The Morgan fingerprint density at radius 1 is 1.06 bits per heavy atom. The van der Waals surface area contributed by atoms with Crippen molar-refractivity contribution in [3.8, 4) is 11.4 Å². The number of hydrogen-bond acceptors (Lipinski definition) is 6. The molecule has 1 amide bonds. The van der Waals surface area contributed by atoms with Crippen LogP contribution in [0.5, 0.6) is 0 Å². The molecule has 0 aliphatic carbocycles. The lowest BCUT2D eigenvalue weighted by molar-refractivity contribution is -0.129. The summed E-state index contributed by atoms with van der Waals surface area (Å²) >= 11 is 0. The van der Waals surface area contributed by atoms with Crippen LogP contribution in [-0.2, 0) is 9.53 Å². The quantitative estimate of drug-likeness (QED) is 0.649. The largest absolute Gasteiger partial charge is 0.379 e. The average molecular weight is 421 g/mol. The molecule has 2 saturated heterocycles. The second kappa shape index (κ2) is 7.92. The van der Waals surface area contributed by atoms with Gasteiger partial charge in [0.2, 0.25) is 5.91 Å². The highest BCUT2D eigenvalue weighted by molar-refractivity contribution is 5.88. The van der Waals surface area contributed by atoms with E-state index in [-0.39, 0.29) is 11.9 Å². The van der Waals surface area contributed by atoms with Crippen LogP contribution in [0.4, 0.5) is 5.82 Å². The van der Waals surface area contributed by atoms with E-state index in [1.165, 1.54) is 5.56 Å². The molecule has 0 radical (unpaired) electrons. The minimum Gasteiger partial charge on any atom is -0.379 e. The van der Waals surface area contributed by atoms with Gasteiger partial charge in [0.25, 0.3) is 0 Å². The molecule has 2 aliphatic rings. The van der Waals surface area contributed by atoms with E-state index in [0.717, 1.165) is 60.3 Å². The van der Waals surface area contributed by atoms with Crippen molar-refractivity contribution in [2.75, 3.05) is 44.3 Å². The van der Waals surface area contributed by atoms with Crippen LogP contribution in [0.1, 0.15) is 30.8 Å². The number of carbonyl (C=O) groups is 1. The molecule has 2 aliphatic heterocycles. The third-order valence-corrected chi connectivity index (χ3v) is 6.31. The maximum absolute atomic E-state index is 11.7. The van der Waals surface area contributed by atoms with Gasteiger partial charge in [-0.05, 0) is 25.8 Å². The molecule has 4 heterocycles. The number of fused-ring (bicyclic) bond motifs is 1. The van der Waals surface area contributed by atoms with E-state index in [0.29, 0.717) is 19.7 Å². The number of amides is 1. The Hall–Kier alpha value is -3.00. The van der Waals surface area contributed by atoms with Crippen molar-refractivity contribution in [1.29, 1.82) is 0 Å². The molecule has 1 atom stereocenters. The maximum atomic E-state index is 11.7. The molecule has 31 heavy (non-hydrogen) atoms. The lowest BCUT2D eigenvalue weighted by atomic mass is 10.1. The van der Waals surface area contributed by atoms with Crippen LogP contribution in [0, 0.1) is 13.8 Å². The van der Waals surface area contributed by atoms with Gasteiger partial charge in [-0.15, -0.1) is 0 Å². The Labute approximate surface area is 181 Å². The lowest BCUT2D eigenvalue weighted by Crippen LogP contribution is -2.48. The number of ether oxygens (including phenoxy) is 1. The van der Waals surface area contributed by atoms with Crippen molar-refractivity contribution in [3.63, 3.8) is 0 Å². The van der Waals surface area contributed by atoms with E-state index in [9.17, 15) is 4.79 Å². The predicted molar refractivity (Wildman–Crippen MR) is 119 cm³/mol. The van der Waals surface area contributed by atoms with E-state index < -0.39 is 0 Å². The molecule has 0 bridgehead atoms. The van der Waals surface area contributed by atoms with Gasteiger partial charge in [-0.3, -0.25) is 4.79 Å². The van der Waals surface area contributed by atoms with Gasteiger partial charge >= 0.3 is 0 Å². The molecule has 2 aromatic heterocycles. The highest BCUT2D eigenvalue weighted by Crippen LogP contribution is 2.35. The van der Waals surface area contributed by atoms with Crippen LogP contribution < -0.4 is 4.90 Å². The molecule has 0 spiro atoms. The summed E-state index contributed by atoms with van der Waals surface area (Å²) in [5, 5.41) is 0. The number of carbonyl (C=O) groups excluding carboxylic acids is 1. The number of hydrogen-bond donors (Lipinski definition) is 0. The van der Waals surface area contributed by atoms with Crippen molar-refractivity contribution in [2.45, 2.75) is 33.2 Å². The van der Waals surface area contributed by atoms with E-state index >= 15 is 0 Å². The van der Waals surface area contributed by atoms with Crippen molar-refractivity contribution in [1.82, 2.24) is 24.4 Å². The fourth-order valence-corrected chi connectivity index (χ4v) is 4.60. The minimum absolute atomic E-state index is 0.121. The van der Waals surface area contributed by atoms with Gasteiger partial charge in [0.15, 0.2) is 17.0 Å². The molecule has 162 valence electrons. The number of piperazine rings is 1. The highest BCUT2D eigenvalue weighted by atomic mass is 16.5. The first-order valence-corrected chi connectivity index (χ1v) is 10.9. The first-order valence-electron chi connectivity index (χ1n) is 10.9. The molecular weight excluding hydrogens is 392 g/mol. The molecule has 8 heteroatoms. The monoisotopic (exact) mass is 420 g/mol. The number of aryl methyl sites for hydroxylation is 2. The minimum atomic E-state index is 0.121. The Bertz CT molecular complexity index is 1130. The molecule has 0 N–H and O–H groups in total. The number of nitrogens with zero attached hydrogens (tertiary/aromatic N) is 6. The SMILES string of the molecule is CC(=O)N1CCN(c2nc(C)nc3c2nc(-c2ccccc2C)n3C2CCOC2)CC1. The molecule has 1 aromatic carbocycles. The van der Waals surface area contributed by atoms with Gasteiger partial charge < -0.3 is 19.1 Å². The Morgan fingerprint density at radius 3 is 2.52 bits per heavy atom. The molecule has 0 saturated carbocycles. The van der Waals surface area contributed by atoms with Crippen molar-refractivity contribution in [3.05, 3.63) is 35.7 Å². The summed E-state index contributed by atoms with van der Waals surface area (Å²) in [6.07, 6.45) is 0.944.